The molecular formula is C25H33ClN3O5P. The highest BCUT2D eigenvalue weighted by Gasteiger charge is 2.14. The highest BCUT2D eigenvalue weighted by Crippen LogP contribution is 2.31. The Morgan fingerprint density at radius 2 is 1.80 bits per heavy atom. The van der Waals surface area contributed by atoms with Crippen LogP contribution in [0.15, 0.2) is 47.0 Å². The predicted molar refractivity (Wildman–Crippen MR) is 140 cm³/mol. The van der Waals surface area contributed by atoms with Gasteiger partial charge < -0.3 is 23.7 Å². The van der Waals surface area contributed by atoms with E-state index in [4.69, 9.17) is 25.6 Å². The zero-order chi connectivity index (χ0) is 26.0. The Hall–Kier alpha value is -2.35. The van der Waals surface area contributed by atoms with Gasteiger partial charge in [-0.15, -0.1) is 0 Å². The molecule has 10 heteroatoms. The number of hydrogen-bond donors (Lipinski definition) is 2. The molecule has 35 heavy (non-hydrogen) atoms. The van der Waals surface area contributed by atoms with Gasteiger partial charge in [-0.2, -0.15) is 4.98 Å². The van der Waals surface area contributed by atoms with Crippen LogP contribution < -0.4 is 15.1 Å². The van der Waals surface area contributed by atoms with Crippen molar-refractivity contribution in [2.75, 3.05) is 13.7 Å². The molecule has 3 aromatic rings. The first-order chi connectivity index (χ1) is 16.5. The van der Waals surface area contributed by atoms with Gasteiger partial charge in [-0.25, -0.2) is 0 Å². The fourth-order valence-corrected chi connectivity index (χ4v) is 3.69. The number of aldehydes is 1. The third-order valence-corrected chi connectivity index (χ3v) is 6.08. The van der Waals surface area contributed by atoms with Gasteiger partial charge in [0.15, 0.2) is 0 Å². The van der Waals surface area contributed by atoms with Crippen molar-refractivity contribution >= 4 is 31.5 Å². The van der Waals surface area contributed by atoms with Gasteiger partial charge in [0.05, 0.1) is 16.7 Å². The maximum Gasteiger partial charge on any atom is 0.258 e. The Labute approximate surface area is 212 Å². The van der Waals surface area contributed by atoms with Crippen molar-refractivity contribution in [2.45, 2.75) is 52.7 Å². The average molecular weight is 522 g/mol. The molecule has 1 atom stereocenters. The molecule has 0 bridgehead atoms. The molecule has 0 amide bonds. The fraction of sp³-hybridized carbons (Fsp3) is 0.400. The van der Waals surface area contributed by atoms with Crippen LogP contribution in [0.5, 0.6) is 5.75 Å². The molecular weight excluding hydrogens is 489 g/mol. The van der Waals surface area contributed by atoms with E-state index in [1.165, 1.54) is 0 Å². The van der Waals surface area contributed by atoms with E-state index in [2.05, 4.69) is 15.2 Å². The number of aromatic nitrogens is 2. The van der Waals surface area contributed by atoms with Gasteiger partial charge in [-0.1, -0.05) is 28.9 Å². The summed E-state index contributed by atoms with van der Waals surface area (Å²) < 4.78 is 15.9. The lowest BCUT2D eigenvalue weighted by atomic mass is 10.2. The van der Waals surface area contributed by atoms with E-state index in [0.717, 1.165) is 22.7 Å². The predicted octanol–water partition coefficient (Wildman–Crippen LogP) is 5.38. The first kappa shape index (κ1) is 28.9. The summed E-state index contributed by atoms with van der Waals surface area (Å²) in [5, 5.41) is 8.16. The summed E-state index contributed by atoms with van der Waals surface area (Å²) >= 11 is 6.28. The normalized spacial score (nSPS) is 12.1. The molecule has 8 nitrogen and oxygen atoms in total. The van der Waals surface area contributed by atoms with E-state index in [1.807, 2.05) is 40.7 Å². The summed E-state index contributed by atoms with van der Waals surface area (Å²) in [6, 6.07) is 12.5. The Balaban J connectivity index is 0.000000641. The lowest BCUT2D eigenvalue weighted by molar-refractivity contribution is -0.107. The molecule has 1 heterocycles. The van der Waals surface area contributed by atoms with Crippen LogP contribution in [0.25, 0.3) is 22.8 Å². The quantitative estimate of drug-likeness (QED) is 0.219. The zero-order valence-electron chi connectivity index (χ0n) is 20.9. The smallest absolute Gasteiger partial charge is 0.258 e. The van der Waals surface area contributed by atoms with Crippen molar-refractivity contribution in [1.82, 2.24) is 15.2 Å². The number of benzene rings is 2. The zero-order valence-corrected chi connectivity index (χ0v) is 22.6. The SMILES string of the molecule is CC(C)Oc1ccc(-c2noc(-c3ccc(P(O)NCCC=O)cc3)n2)cc1Cl.COC(C)(C)C. The number of methoxy groups -OCH3 is 1. The van der Waals surface area contributed by atoms with Gasteiger partial charge in [0, 0.05) is 36.5 Å². The number of ether oxygens (including phenoxy) is 2. The van der Waals surface area contributed by atoms with Crippen molar-refractivity contribution in [1.29, 1.82) is 0 Å². The molecule has 0 aliphatic heterocycles. The van der Waals surface area contributed by atoms with Gasteiger partial charge in [-0.3, -0.25) is 5.09 Å². The molecule has 0 saturated carbocycles. The number of halogens is 1. The molecule has 0 radical (unpaired) electrons. The standard InChI is InChI=1S/C20H21ClN3O4P.C5H12O/c1-13(2)27-18-9-6-15(12-17(18)21)19-23-20(28-24-19)14-4-7-16(8-5-14)29(26)22-10-3-11-25;1-5(2,3)6-4/h4-9,11-13,22,26H,3,10H2,1-2H3;1-4H3. The molecule has 0 saturated heterocycles. The van der Waals surface area contributed by atoms with Crippen LogP contribution in [0.3, 0.4) is 0 Å². The second kappa shape index (κ2) is 13.7. The maximum absolute atomic E-state index is 10.4. The van der Waals surface area contributed by atoms with Crippen molar-refractivity contribution in [3.05, 3.63) is 47.5 Å². The maximum atomic E-state index is 10.4. The number of carbonyl (C=O) groups is 1. The molecule has 0 aliphatic carbocycles. The summed E-state index contributed by atoms with van der Waals surface area (Å²) in [7, 11) is 0.193. The van der Waals surface area contributed by atoms with Crippen molar-refractivity contribution < 1.29 is 23.7 Å². The molecule has 0 spiro atoms. The molecule has 190 valence electrons. The van der Waals surface area contributed by atoms with Crippen LogP contribution in [0.2, 0.25) is 5.02 Å². The minimum absolute atomic E-state index is 0.0262. The molecule has 1 aromatic heterocycles. The molecule has 2 aromatic carbocycles. The van der Waals surface area contributed by atoms with Crippen LogP contribution in [0.4, 0.5) is 0 Å². The van der Waals surface area contributed by atoms with Crippen molar-refractivity contribution in [2.24, 2.45) is 0 Å². The van der Waals surface area contributed by atoms with Crippen LogP contribution in [0, 0.1) is 0 Å². The van der Waals surface area contributed by atoms with E-state index >= 15 is 0 Å². The van der Waals surface area contributed by atoms with Gasteiger partial charge in [-0.05, 0) is 65.0 Å². The van der Waals surface area contributed by atoms with E-state index in [-0.39, 0.29) is 11.7 Å². The Morgan fingerprint density at radius 3 is 2.34 bits per heavy atom. The third kappa shape index (κ3) is 9.67. The molecule has 1 unspecified atom stereocenters. The number of hydrogen-bond acceptors (Lipinski definition) is 8. The molecule has 0 fully saturated rings. The number of nitrogens with one attached hydrogen (secondary N) is 1. The van der Waals surface area contributed by atoms with E-state index in [1.54, 1.807) is 43.5 Å². The van der Waals surface area contributed by atoms with Gasteiger partial charge in [0.2, 0.25) is 5.82 Å². The Bertz CT molecular complexity index is 1070. The van der Waals surface area contributed by atoms with Crippen LogP contribution in [0.1, 0.15) is 41.0 Å². The van der Waals surface area contributed by atoms with Crippen LogP contribution in [-0.2, 0) is 9.53 Å². The summed E-state index contributed by atoms with van der Waals surface area (Å²) in [5.41, 5.74) is 1.49. The lowest BCUT2D eigenvalue weighted by Crippen LogP contribution is -2.16. The summed E-state index contributed by atoms with van der Waals surface area (Å²) in [6.07, 6.45) is 1.19. The van der Waals surface area contributed by atoms with E-state index < -0.39 is 8.30 Å². The second-order valence-electron chi connectivity index (χ2n) is 8.77. The second-order valence-corrected chi connectivity index (χ2v) is 10.6. The first-order valence-corrected chi connectivity index (χ1v) is 12.8. The minimum atomic E-state index is -1.51. The van der Waals surface area contributed by atoms with Crippen molar-refractivity contribution in [3.63, 3.8) is 0 Å². The largest absolute Gasteiger partial charge is 0.489 e. The first-order valence-electron chi connectivity index (χ1n) is 11.2. The van der Waals surface area contributed by atoms with Gasteiger partial charge in [0.1, 0.15) is 20.3 Å². The number of rotatable bonds is 9. The third-order valence-electron chi connectivity index (χ3n) is 4.47. The molecule has 3 rings (SSSR count). The number of nitrogens with zero attached hydrogens (tertiary/aromatic N) is 2. The minimum Gasteiger partial charge on any atom is -0.489 e. The summed E-state index contributed by atoms with van der Waals surface area (Å²) in [5.74, 6) is 1.38. The van der Waals surface area contributed by atoms with E-state index in [9.17, 15) is 9.69 Å². The topological polar surface area (TPSA) is 107 Å². The van der Waals surface area contributed by atoms with E-state index in [0.29, 0.717) is 35.5 Å². The summed E-state index contributed by atoms with van der Waals surface area (Å²) in [6.45, 7) is 10.4. The monoisotopic (exact) mass is 521 g/mol. The Kier molecular flexibility index (Phi) is 11.3. The van der Waals surface area contributed by atoms with Crippen LogP contribution in [-0.4, -0.2) is 46.7 Å². The van der Waals surface area contributed by atoms with Crippen molar-refractivity contribution in [3.8, 4) is 28.6 Å². The summed E-state index contributed by atoms with van der Waals surface area (Å²) in [4.78, 5) is 24.9. The fourth-order valence-electron chi connectivity index (χ4n) is 2.51. The van der Waals surface area contributed by atoms with Gasteiger partial charge in [0.25, 0.3) is 5.89 Å². The Morgan fingerprint density at radius 1 is 1.17 bits per heavy atom. The molecule has 2 N–H and O–H groups in total. The highest BCUT2D eigenvalue weighted by atomic mass is 35.5. The average Bonchev–Trinajstić information content (AvgIpc) is 3.31. The van der Waals surface area contributed by atoms with Crippen LogP contribution >= 0.6 is 19.9 Å². The highest BCUT2D eigenvalue weighted by molar-refractivity contribution is 7.57. The van der Waals surface area contributed by atoms with Gasteiger partial charge >= 0.3 is 0 Å². The lowest BCUT2D eigenvalue weighted by Gasteiger charge is -2.14. The number of carbonyl (C=O) groups excluding carboxylic acids is 1. The molecule has 0 aliphatic rings.